The molecule has 1 fully saturated rings. The van der Waals surface area contributed by atoms with E-state index in [1.165, 1.54) is 25.3 Å². The molecule has 0 aromatic heterocycles. The maximum absolute atomic E-state index is 12.4. The fraction of sp³-hybridized carbons (Fsp3) is 0.316. The summed E-state index contributed by atoms with van der Waals surface area (Å²) in [4.78, 5) is 27.1. The largest absolute Gasteiger partial charge is 0.495 e. The smallest absolute Gasteiger partial charge is 0.271 e. The van der Waals surface area contributed by atoms with Crippen molar-refractivity contribution in [3.8, 4) is 5.75 Å². The Bertz CT molecular complexity index is 869. The van der Waals surface area contributed by atoms with Gasteiger partial charge in [-0.05, 0) is 24.3 Å². The first kappa shape index (κ1) is 19.9. The van der Waals surface area contributed by atoms with Crippen molar-refractivity contribution < 1.29 is 14.5 Å². The molecule has 1 aliphatic rings. The first-order valence-electron chi connectivity index (χ1n) is 8.81. The summed E-state index contributed by atoms with van der Waals surface area (Å²) >= 11 is 6.05. The number of hydrogen-bond donors (Lipinski definition) is 1. The second-order valence-electron chi connectivity index (χ2n) is 6.43. The Hall–Kier alpha value is -2.84. The Morgan fingerprint density at radius 3 is 2.61 bits per heavy atom. The van der Waals surface area contributed by atoms with Gasteiger partial charge in [-0.2, -0.15) is 0 Å². The van der Waals surface area contributed by atoms with Crippen LogP contribution < -0.4 is 15.0 Å². The summed E-state index contributed by atoms with van der Waals surface area (Å²) < 4.78 is 5.18. The quantitative estimate of drug-likeness (QED) is 0.588. The van der Waals surface area contributed by atoms with Crippen molar-refractivity contribution in [3.63, 3.8) is 0 Å². The third-order valence-corrected chi connectivity index (χ3v) is 4.82. The van der Waals surface area contributed by atoms with Crippen LogP contribution in [0.25, 0.3) is 0 Å². The van der Waals surface area contributed by atoms with Crippen molar-refractivity contribution in [2.75, 3.05) is 50.1 Å². The van der Waals surface area contributed by atoms with Gasteiger partial charge < -0.3 is 15.0 Å². The minimum atomic E-state index is -0.510. The van der Waals surface area contributed by atoms with Crippen LogP contribution >= 0.6 is 11.6 Å². The van der Waals surface area contributed by atoms with E-state index in [-0.39, 0.29) is 18.1 Å². The number of anilines is 2. The number of carbonyl (C=O) groups is 1. The van der Waals surface area contributed by atoms with Gasteiger partial charge in [0.25, 0.3) is 5.69 Å². The number of nitro benzene ring substituents is 1. The Labute approximate surface area is 167 Å². The summed E-state index contributed by atoms with van der Waals surface area (Å²) in [5, 5.41) is 14.4. The van der Waals surface area contributed by atoms with Crippen molar-refractivity contribution >= 4 is 34.6 Å². The molecule has 1 aliphatic heterocycles. The number of hydrogen-bond acceptors (Lipinski definition) is 6. The second-order valence-corrected chi connectivity index (χ2v) is 6.87. The Balaban J connectivity index is 1.56. The summed E-state index contributed by atoms with van der Waals surface area (Å²) in [6.45, 7) is 3.23. The maximum Gasteiger partial charge on any atom is 0.271 e. The highest BCUT2D eigenvalue weighted by atomic mass is 35.5. The lowest BCUT2D eigenvalue weighted by Gasteiger charge is -2.35. The number of amides is 1. The maximum atomic E-state index is 12.4. The van der Waals surface area contributed by atoms with Gasteiger partial charge in [0.1, 0.15) is 5.75 Å². The van der Waals surface area contributed by atoms with Crippen molar-refractivity contribution in [2.24, 2.45) is 0 Å². The van der Waals surface area contributed by atoms with E-state index in [0.29, 0.717) is 16.5 Å². The van der Waals surface area contributed by atoms with Crippen LogP contribution in [0, 0.1) is 10.1 Å². The van der Waals surface area contributed by atoms with Gasteiger partial charge in [-0.15, -0.1) is 0 Å². The summed E-state index contributed by atoms with van der Waals surface area (Å²) in [7, 11) is 1.45. The topological polar surface area (TPSA) is 87.9 Å². The monoisotopic (exact) mass is 404 g/mol. The standard InChI is InChI=1S/C19H21ClN4O4/c1-28-18-6-5-16(24(26)27)12-17(18)21-19(25)13-22-7-9-23(10-8-22)15-4-2-3-14(20)11-15/h2-6,11-12H,7-10,13H2,1H3,(H,21,25). The van der Waals surface area contributed by atoms with Crippen LogP contribution in [0.5, 0.6) is 5.75 Å². The average Bonchev–Trinajstić information content (AvgIpc) is 2.68. The van der Waals surface area contributed by atoms with Gasteiger partial charge in [0.15, 0.2) is 0 Å². The molecule has 0 bridgehead atoms. The van der Waals surface area contributed by atoms with E-state index in [2.05, 4.69) is 10.2 Å². The van der Waals surface area contributed by atoms with Crippen molar-refractivity contribution in [3.05, 3.63) is 57.6 Å². The van der Waals surface area contributed by atoms with Crippen LogP contribution in [0.2, 0.25) is 5.02 Å². The average molecular weight is 405 g/mol. The van der Waals surface area contributed by atoms with Crippen molar-refractivity contribution in [1.29, 1.82) is 0 Å². The van der Waals surface area contributed by atoms with E-state index in [4.69, 9.17) is 16.3 Å². The van der Waals surface area contributed by atoms with Gasteiger partial charge in [-0.1, -0.05) is 17.7 Å². The zero-order valence-electron chi connectivity index (χ0n) is 15.4. The number of nitrogens with zero attached hydrogens (tertiary/aromatic N) is 3. The third kappa shape index (κ3) is 4.90. The van der Waals surface area contributed by atoms with Gasteiger partial charge in [0.05, 0.1) is 24.3 Å². The molecule has 0 spiro atoms. The highest BCUT2D eigenvalue weighted by Crippen LogP contribution is 2.29. The molecule has 0 unspecified atom stereocenters. The minimum Gasteiger partial charge on any atom is -0.495 e. The summed E-state index contributed by atoms with van der Waals surface area (Å²) in [5.74, 6) is 0.139. The zero-order chi connectivity index (χ0) is 20.1. The van der Waals surface area contributed by atoms with Crippen LogP contribution in [0.4, 0.5) is 17.1 Å². The summed E-state index contributed by atoms with van der Waals surface area (Å²) in [6, 6.07) is 11.8. The van der Waals surface area contributed by atoms with Gasteiger partial charge in [0.2, 0.25) is 5.91 Å². The summed E-state index contributed by atoms with van der Waals surface area (Å²) in [6.07, 6.45) is 0. The molecule has 148 valence electrons. The van der Waals surface area contributed by atoms with Crippen LogP contribution in [-0.4, -0.2) is 55.6 Å². The molecule has 8 nitrogen and oxygen atoms in total. The van der Waals surface area contributed by atoms with Gasteiger partial charge in [0, 0.05) is 49.0 Å². The van der Waals surface area contributed by atoms with E-state index in [1.54, 1.807) is 0 Å². The molecule has 2 aromatic rings. The fourth-order valence-corrected chi connectivity index (χ4v) is 3.32. The highest BCUT2D eigenvalue weighted by molar-refractivity contribution is 6.30. The Morgan fingerprint density at radius 1 is 1.21 bits per heavy atom. The molecule has 2 aromatic carbocycles. The third-order valence-electron chi connectivity index (χ3n) is 4.58. The lowest BCUT2D eigenvalue weighted by atomic mass is 10.2. The highest BCUT2D eigenvalue weighted by Gasteiger charge is 2.20. The molecule has 3 rings (SSSR count). The van der Waals surface area contributed by atoms with E-state index in [0.717, 1.165) is 31.9 Å². The molecule has 9 heteroatoms. The van der Waals surface area contributed by atoms with E-state index >= 15 is 0 Å². The van der Waals surface area contributed by atoms with Crippen molar-refractivity contribution in [2.45, 2.75) is 0 Å². The zero-order valence-corrected chi connectivity index (χ0v) is 16.2. The Morgan fingerprint density at radius 2 is 1.96 bits per heavy atom. The van der Waals surface area contributed by atoms with Crippen LogP contribution in [0.15, 0.2) is 42.5 Å². The van der Waals surface area contributed by atoms with E-state index in [9.17, 15) is 14.9 Å². The molecular formula is C19H21ClN4O4. The first-order chi connectivity index (χ1) is 13.5. The molecule has 1 amide bonds. The number of benzene rings is 2. The Kier molecular flexibility index (Phi) is 6.33. The van der Waals surface area contributed by atoms with Crippen LogP contribution in [-0.2, 0) is 4.79 Å². The summed E-state index contributed by atoms with van der Waals surface area (Å²) in [5.41, 5.74) is 1.25. The molecule has 0 radical (unpaired) electrons. The number of piperazine rings is 1. The number of nitrogens with one attached hydrogen (secondary N) is 1. The lowest BCUT2D eigenvalue weighted by Crippen LogP contribution is -2.48. The number of rotatable bonds is 6. The van der Waals surface area contributed by atoms with Crippen LogP contribution in [0.1, 0.15) is 0 Å². The van der Waals surface area contributed by atoms with Crippen LogP contribution in [0.3, 0.4) is 0 Å². The number of ether oxygens (including phenoxy) is 1. The first-order valence-corrected chi connectivity index (χ1v) is 9.19. The SMILES string of the molecule is COc1ccc([N+](=O)[O-])cc1NC(=O)CN1CCN(c2cccc(Cl)c2)CC1. The molecule has 1 heterocycles. The number of carbonyl (C=O) groups excluding carboxylic acids is 1. The number of nitro groups is 1. The molecule has 1 saturated heterocycles. The fourth-order valence-electron chi connectivity index (χ4n) is 3.14. The minimum absolute atomic E-state index is 0.105. The van der Waals surface area contributed by atoms with Crippen molar-refractivity contribution in [1.82, 2.24) is 4.90 Å². The molecule has 0 aliphatic carbocycles. The van der Waals surface area contributed by atoms with Gasteiger partial charge >= 0.3 is 0 Å². The lowest BCUT2D eigenvalue weighted by molar-refractivity contribution is -0.384. The number of halogens is 1. The predicted octanol–water partition coefficient (Wildman–Crippen LogP) is 3.02. The molecule has 0 atom stereocenters. The van der Waals surface area contributed by atoms with Gasteiger partial charge in [-0.3, -0.25) is 19.8 Å². The van der Waals surface area contributed by atoms with Gasteiger partial charge in [-0.25, -0.2) is 0 Å². The number of methoxy groups -OCH3 is 1. The second kappa shape index (κ2) is 8.90. The van der Waals surface area contributed by atoms with E-state index in [1.807, 2.05) is 29.2 Å². The molecule has 0 saturated carbocycles. The molecular weight excluding hydrogens is 384 g/mol. The molecule has 28 heavy (non-hydrogen) atoms. The van der Waals surface area contributed by atoms with E-state index < -0.39 is 4.92 Å². The number of non-ortho nitro benzene ring substituents is 1. The molecule has 1 N–H and O–H groups in total. The normalized spacial score (nSPS) is 14.6. The predicted molar refractivity (Wildman–Crippen MR) is 108 cm³/mol.